The van der Waals surface area contributed by atoms with Gasteiger partial charge >= 0.3 is 5.97 Å². The minimum absolute atomic E-state index is 0.236. The highest BCUT2D eigenvalue weighted by Gasteiger charge is 2.14. The summed E-state index contributed by atoms with van der Waals surface area (Å²) in [5, 5.41) is 2.79. The Kier molecular flexibility index (Phi) is 5.43. The van der Waals surface area contributed by atoms with Crippen molar-refractivity contribution < 1.29 is 9.53 Å². The van der Waals surface area contributed by atoms with Gasteiger partial charge in [0.25, 0.3) is 0 Å². The maximum absolute atomic E-state index is 10.9. The van der Waals surface area contributed by atoms with Gasteiger partial charge in [-0.3, -0.25) is 4.79 Å². The molecule has 0 radical (unpaired) electrons. The lowest BCUT2D eigenvalue weighted by atomic mass is 10.3. The largest absolute Gasteiger partial charge is 0.465 e. The number of ether oxygens (including phenoxy) is 1. The fraction of sp³-hybridized carbons (Fsp3) is 0.833. The summed E-state index contributed by atoms with van der Waals surface area (Å²) in [4.78, 5) is 10.9. The number of hydrogen-bond donors (Lipinski definition) is 2. The van der Waals surface area contributed by atoms with Crippen LogP contribution in [-0.2, 0) is 9.53 Å². The van der Waals surface area contributed by atoms with E-state index in [0.29, 0.717) is 12.4 Å². The zero-order valence-electron chi connectivity index (χ0n) is 6.26. The van der Waals surface area contributed by atoms with Crippen molar-refractivity contribution in [3.05, 3.63) is 0 Å². The van der Waals surface area contributed by atoms with Crippen LogP contribution in [0.25, 0.3) is 0 Å². The average molecular weight is 163 g/mol. The second-order valence-electron chi connectivity index (χ2n) is 1.78. The van der Waals surface area contributed by atoms with Crippen LogP contribution in [-0.4, -0.2) is 31.4 Å². The van der Waals surface area contributed by atoms with Gasteiger partial charge in [0.15, 0.2) is 0 Å². The molecule has 60 valence electrons. The fourth-order valence-electron chi connectivity index (χ4n) is 0.527. The number of carbonyl (C=O) groups excluding carboxylic acids is 1. The van der Waals surface area contributed by atoms with Gasteiger partial charge in [0, 0.05) is 5.75 Å². The summed E-state index contributed by atoms with van der Waals surface area (Å²) >= 11 is 3.96. The predicted octanol–water partition coefficient (Wildman–Crippen LogP) is 0.0673. The van der Waals surface area contributed by atoms with Gasteiger partial charge in [-0.15, -0.1) is 0 Å². The molecule has 4 heteroatoms. The van der Waals surface area contributed by atoms with Crippen LogP contribution in [0.1, 0.15) is 6.92 Å². The summed E-state index contributed by atoms with van der Waals surface area (Å²) in [5.41, 5.74) is 0. The van der Waals surface area contributed by atoms with E-state index in [4.69, 9.17) is 4.74 Å². The Bertz CT molecular complexity index is 104. The number of rotatable bonds is 4. The van der Waals surface area contributed by atoms with Crippen molar-refractivity contribution in [2.24, 2.45) is 0 Å². The quantitative estimate of drug-likeness (QED) is 0.455. The molecule has 1 atom stereocenters. The first-order valence-corrected chi connectivity index (χ1v) is 3.84. The lowest BCUT2D eigenvalue weighted by Crippen LogP contribution is -2.37. The number of thiol groups is 1. The standard InChI is InChI=1S/C6H13NO2S/c1-3-9-6(8)5(4-10)7-2/h5,7,10H,3-4H2,1-2H3/t5-/m1/s1. The summed E-state index contributed by atoms with van der Waals surface area (Å²) in [7, 11) is 1.71. The lowest BCUT2D eigenvalue weighted by Gasteiger charge is -2.10. The van der Waals surface area contributed by atoms with Gasteiger partial charge in [-0.1, -0.05) is 0 Å². The number of nitrogens with one attached hydrogen (secondary N) is 1. The smallest absolute Gasteiger partial charge is 0.323 e. The maximum atomic E-state index is 10.9. The summed E-state index contributed by atoms with van der Waals surface area (Å²) in [6.45, 7) is 2.20. The highest BCUT2D eigenvalue weighted by Crippen LogP contribution is 1.90. The molecular formula is C6H13NO2S. The molecule has 0 aliphatic rings. The van der Waals surface area contributed by atoms with Crippen molar-refractivity contribution in [3.8, 4) is 0 Å². The van der Waals surface area contributed by atoms with Gasteiger partial charge in [-0.05, 0) is 14.0 Å². The van der Waals surface area contributed by atoms with Crippen molar-refractivity contribution in [1.82, 2.24) is 5.32 Å². The second-order valence-corrected chi connectivity index (χ2v) is 2.14. The van der Waals surface area contributed by atoms with Crippen LogP contribution in [0.4, 0.5) is 0 Å². The van der Waals surface area contributed by atoms with Crippen molar-refractivity contribution >= 4 is 18.6 Å². The first-order chi connectivity index (χ1) is 4.76. The number of likely N-dealkylation sites (N-methyl/N-ethyl adjacent to an activating group) is 1. The molecule has 3 nitrogen and oxygen atoms in total. The molecule has 0 unspecified atom stereocenters. The van der Waals surface area contributed by atoms with E-state index >= 15 is 0 Å². The van der Waals surface area contributed by atoms with Crippen LogP contribution in [0.5, 0.6) is 0 Å². The molecule has 0 aromatic rings. The summed E-state index contributed by atoms with van der Waals surface area (Å²) < 4.78 is 4.74. The molecular weight excluding hydrogens is 150 g/mol. The van der Waals surface area contributed by atoms with E-state index in [1.54, 1.807) is 14.0 Å². The molecule has 0 bridgehead atoms. The van der Waals surface area contributed by atoms with Crippen LogP contribution < -0.4 is 5.32 Å². The molecule has 0 rings (SSSR count). The number of esters is 1. The third-order valence-electron chi connectivity index (χ3n) is 1.10. The minimum atomic E-state index is -0.275. The van der Waals surface area contributed by atoms with Gasteiger partial charge in [0.2, 0.25) is 0 Å². The second kappa shape index (κ2) is 5.56. The zero-order chi connectivity index (χ0) is 7.98. The Morgan fingerprint density at radius 3 is 2.70 bits per heavy atom. The first-order valence-electron chi connectivity index (χ1n) is 3.21. The number of hydrogen-bond acceptors (Lipinski definition) is 4. The zero-order valence-corrected chi connectivity index (χ0v) is 7.15. The Hall–Kier alpha value is -0.220. The van der Waals surface area contributed by atoms with Crippen LogP contribution in [0.3, 0.4) is 0 Å². The third kappa shape index (κ3) is 3.08. The van der Waals surface area contributed by atoms with Gasteiger partial charge in [-0.2, -0.15) is 12.6 Å². The molecule has 0 aliphatic heterocycles. The van der Waals surface area contributed by atoms with E-state index in [9.17, 15) is 4.79 Å². The van der Waals surface area contributed by atoms with Crippen LogP contribution in [0.2, 0.25) is 0 Å². The van der Waals surface area contributed by atoms with Crippen molar-refractivity contribution in [2.45, 2.75) is 13.0 Å². The first kappa shape index (κ1) is 9.78. The predicted molar refractivity (Wildman–Crippen MR) is 43.3 cm³/mol. The summed E-state index contributed by atoms with van der Waals surface area (Å²) in [5.74, 6) is 0.231. The van der Waals surface area contributed by atoms with Gasteiger partial charge in [-0.25, -0.2) is 0 Å². The van der Waals surface area contributed by atoms with E-state index in [2.05, 4.69) is 17.9 Å². The minimum Gasteiger partial charge on any atom is -0.465 e. The Morgan fingerprint density at radius 2 is 2.40 bits per heavy atom. The Morgan fingerprint density at radius 1 is 1.80 bits per heavy atom. The topological polar surface area (TPSA) is 38.3 Å². The van der Waals surface area contributed by atoms with Crippen LogP contribution in [0.15, 0.2) is 0 Å². The molecule has 0 saturated carbocycles. The van der Waals surface area contributed by atoms with E-state index in [0.717, 1.165) is 0 Å². The maximum Gasteiger partial charge on any atom is 0.323 e. The van der Waals surface area contributed by atoms with E-state index in [1.165, 1.54) is 0 Å². The van der Waals surface area contributed by atoms with Gasteiger partial charge < -0.3 is 10.1 Å². The molecule has 0 amide bonds. The molecule has 0 aliphatic carbocycles. The van der Waals surface area contributed by atoms with Gasteiger partial charge in [0.1, 0.15) is 6.04 Å². The summed E-state index contributed by atoms with van der Waals surface area (Å²) in [6, 6.07) is -0.275. The molecule has 0 saturated heterocycles. The molecule has 0 heterocycles. The van der Waals surface area contributed by atoms with Crippen molar-refractivity contribution in [2.75, 3.05) is 19.4 Å². The summed E-state index contributed by atoms with van der Waals surface area (Å²) in [6.07, 6.45) is 0. The molecule has 0 spiro atoms. The van der Waals surface area contributed by atoms with Crippen LogP contribution in [0, 0.1) is 0 Å². The van der Waals surface area contributed by atoms with Crippen molar-refractivity contribution in [3.63, 3.8) is 0 Å². The average Bonchev–Trinajstić information content (AvgIpc) is 1.91. The highest BCUT2D eigenvalue weighted by atomic mass is 32.1. The van der Waals surface area contributed by atoms with E-state index in [-0.39, 0.29) is 12.0 Å². The Balaban J connectivity index is 3.65. The molecule has 1 N–H and O–H groups in total. The third-order valence-corrected chi connectivity index (χ3v) is 1.47. The van der Waals surface area contributed by atoms with Gasteiger partial charge in [0.05, 0.1) is 6.61 Å². The highest BCUT2D eigenvalue weighted by molar-refractivity contribution is 7.80. The molecule has 0 aromatic heterocycles. The lowest BCUT2D eigenvalue weighted by molar-refractivity contribution is -0.144. The molecule has 10 heavy (non-hydrogen) atoms. The van der Waals surface area contributed by atoms with E-state index in [1.807, 2.05) is 0 Å². The number of carbonyl (C=O) groups is 1. The normalized spacial score (nSPS) is 12.7. The monoisotopic (exact) mass is 163 g/mol. The SMILES string of the molecule is CCOC(=O)[C@@H](CS)NC. The van der Waals surface area contributed by atoms with Crippen LogP contribution >= 0.6 is 12.6 Å². The molecule has 0 fully saturated rings. The molecule has 0 aromatic carbocycles. The Labute approximate surface area is 66.5 Å². The van der Waals surface area contributed by atoms with Crippen molar-refractivity contribution in [1.29, 1.82) is 0 Å². The van der Waals surface area contributed by atoms with E-state index < -0.39 is 0 Å². The fourth-order valence-corrected chi connectivity index (χ4v) is 0.858.